The van der Waals surface area contributed by atoms with Crippen LogP contribution in [0.5, 0.6) is 0 Å². The molecule has 1 aromatic carbocycles. The molecule has 5 heteroatoms. The lowest BCUT2D eigenvalue weighted by Crippen LogP contribution is -2.27. The maximum absolute atomic E-state index is 11.6. The van der Waals surface area contributed by atoms with Crippen molar-refractivity contribution in [3.8, 4) is 0 Å². The molecule has 0 aromatic heterocycles. The van der Waals surface area contributed by atoms with Gasteiger partial charge in [-0.3, -0.25) is 4.79 Å². The van der Waals surface area contributed by atoms with Crippen molar-refractivity contribution in [2.75, 3.05) is 12.3 Å². The molecule has 1 unspecified atom stereocenters. The van der Waals surface area contributed by atoms with Gasteiger partial charge in [-0.05, 0) is 25.5 Å². The summed E-state index contributed by atoms with van der Waals surface area (Å²) >= 11 is 0. The van der Waals surface area contributed by atoms with E-state index in [4.69, 9.17) is 15.2 Å². The van der Waals surface area contributed by atoms with Crippen molar-refractivity contribution < 1.29 is 19.1 Å². The molecule has 1 atom stereocenters. The smallest absolute Gasteiger partial charge is 0.347 e. The average molecular weight is 251 g/mol. The van der Waals surface area contributed by atoms with Crippen molar-refractivity contribution in [3.05, 3.63) is 29.8 Å². The molecule has 0 bridgehead atoms. The van der Waals surface area contributed by atoms with Gasteiger partial charge in [0.05, 0.1) is 13.0 Å². The van der Waals surface area contributed by atoms with E-state index in [1.807, 2.05) is 0 Å². The molecule has 0 heterocycles. The number of carbonyl (C=O) groups is 2. The van der Waals surface area contributed by atoms with Gasteiger partial charge in [0.1, 0.15) is 0 Å². The van der Waals surface area contributed by atoms with E-state index >= 15 is 0 Å². The zero-order chi connectivity index (χ0) is 13.5. The average Bonchev–Trinajstić information content (AvgIpc) is 2.32. The molecule has 0 spiro atoms. The maximum Gasteiger partial charge on any atom is 0.347 e. The number of ether oxygens (including phenoxy) is 2. The number of rotatable bonds is 5. The summed E-state index contributed by atoms with van der Waals surface area (Å²) in [5.74, 6) is -1.06. The SMILES string of the molecule is CCOC(=O)C(C)OC(=O)Cc1ccccc1N. The maximum atomic E-state index is 11.6. The molecular formula is C13H17NO4. The van der Waals surface area contributed by atoms with E-state index in [2.05, 4.69) is 0 Å². The van der Waals surface area contributed by atoms with Crippen LogP contribution in [-0.2, 0) is 25.5 Å². The second kappa shape index (κ2) is 6.64. The van der Waals surface area contributed by atoms with E-state index in [0.717, 1.165) is 0 Å². The van der Waals surface area contributed by atoms with E-state index in [-0.39, 0.29) is 13.0 Å². The fourth-order valence-corrected chi connectivity index (χ4v) is 1.40. The third-order valence-corrected chi connectivity index (χ3v) is 2.32. The van der Waals surface area contributed by atoms with Gasteiger partial charge in [0.25, 0.3) is 0 Å². The van der Waals surface area contributed by atoms with Crippen LogP contribution in [0.15, 0.2) is 24.3 Å². The summed E-state index contributed by atoms with van der Waals surface area (Å²) < 4.78 is 9.69. The monoisotopic (exact) mass is 251 g/mol. The van der Waals surface area contributed by atoms with Crippen molar-refractivity contribution in [1.29, 1.82) is 0 Å². The molecule has 2 N–H and O–H groups in total. The minimum Gasteiger partial charge on any atom is -0.463 e. The lowest BCUT2D eigenvalue weighted by atomic mass is 10.1. The van der Waals surface area contributed by atoms with E-state index < -0.39 is 18.0 Å². The Hall–Kier alpha value is -2.04. The van der Waals surface area contributed by atoms with Crippen LogP contribution in [0.1, 0.15) is 19.4 Å². The molecule has 18 heavy (non-hydrogen) atoms. The minimum atomic E-state index is -0.901. The van der Waals surface area contributed by atoms with Crippen LogP contribution < -0.4 is 5.73 Å². The lowest BCUT2D eigenvalue weighted by Gasteiger charge is -2.12. The van der Waals surface area contributed by atoms with Crippen molar-refractivity contribution in [2.24, 2.45) is 0 Å². The number of esters is 2. The number of hydrogen-bond acceptors (Lipinski definition) is 5. The normalized spacial score (nSPS) is 11.7. The zero-order valence-corrected chi connectivity index (χ0v) is 10.5. The highest BCUT2D eigenvalue weighted by atomic mass is 16.6. The summed E-state index contributed by atoms with van der Waals surface area (Å²) in [5, 5.41) is 0. The Morgan fingerprint density at radius 2 is 2.00 bits per heavy atom. The standard InChI is InChI=1S/C13H17NO4/c1-3-17-13(16)9(2)18-12(15)8-10-6-4-5-7-11(10)14/h4-7,9H,3,8,14H2,1-2H3. The molecule has 0 saturated heterocycles. The highest BCUT2D eigenvalue weighted by molar-refractivity contribution is 5.80. The number of para-hydroxylation sites is 1. The summed E-state index contributed by atoms with van der Waals surface area (Å²) in [6, 6.07) is 7.02. The van der Waals surface area contributed by atoms with Gasteiger partial charge in [0.2, 0.25) is 0 Å². The van der Waals surface area contributed by atoms with Gasteiger partial charge >= 0.3 is 11.9 Å². The zero-order valence-electron chi connectivity index (χ0n) is 10.5. The molecule has 0 aliphatic heterocycles. The third-order valence-electron chi connectivity index (χ3n) is 2.32. The van der Waals surface area contributed by atoms with Crippen LogP contribution in [-0.4, -0.2) is 24.6 Å². The molecule has 0 saturated carbocycles. The van der Waals surface area contributed by atoms with Gasteiger partial charge in [-0.2, -0.15) is 0 Å². The molecule has 0 radical (unpaired) electrons. The molecule has 0 aliphatic rings. The quantitative estimate of drug-likeness (QED) is 0.630. The van der Waals surface area contributed by atoms with Crippen molar-refractivity contribution >= 4 is 17.6 Å². The van der Waals surface area contributed by atoms with E-state index in [9.17, 15) is 9.59 Å². The van der Waals surface area contributed by atoms with E-state index in [0.29, 0.717) is 11.3 Å². The van der Waals surface area contributed by atoms with Crippen LogP contribution in [0, 0.1) is 0 Å². The van der Waals surface area contributed by atoms with Gasteiger partial charge in [-0.15, -0.1) is 0 Å². The first kappa shape index (κ1) is 14.0. The molecule has 0 amide bonds. The molecular weight excluding hydrogens is 234 g/mol. The Morgan fingerprint density at radius 3 is 2.61 bits per heavy atom. The predicted molar refractivity (Wildman–Crippen MR) is 66.7 cm³/mol. The van der Waals surface area contributed by atoms with Crippen molar-refractivity contribution in [3.63, 3.8) is 0 Å². The molecule has 98 valence electrons. The Morgan fingerprint density at radius 1 is 1.33 bits per heavy atom. The van der Waals surface area contributed by atoms with Gasteiger partial charge in [-0.1, -0.05) is 18.2 Å². The number of carbonyl (C=O) groups excluding carboxylic acids is 2. The summed E-state index contributed by atoms with van der Waals surface area (Å²) in [6.45, 7) is 3.42. The number of nitrogens with two attached hydrogens (primary N) is 1. The predicted octanol–water partition coefficient (Wildman–Crippen LogP) is 1.31. The summed E-state index contributed by atoms with van der Waals surface area (Å²) in [6.07, 6.45) is -0.862. The summed E-state index contributed by atoms with van der Waals surface area (Å²) in [5.41, 5.74) is 6.91. The number of nitrogen functional groups attached to an aromatic ring is 1. The van der Waals surface area contributed by atoms with Gasteiger partial charge < -0.3 is 15.2 Å². The number of hydrogen-bond donors (Lipinski definition) is 1. The largest absolute Gasteiger partial charge is 0.463 e. The molecule has 1 aromatic rings. The van der Waals surface area contributed by atoms with Crippen LogP contribution in [0.25, 0.3) is 0 Å². The molecule has 1 rings (SSSR count). The lowest BCUT2D eigenvalue weighted by molar-refractivity contribution is -0.165. The Bertz CT molecular complexity index is 431. The fraction of sp³-hybridized carbons (Fsp3) is 0.385. The molecule has 0 fully saturated rings. The first-order valence-corrected chi connectivity index (χ1v) is 5.74. The highest BCUT2D eigenvalue weighted by Gasteiger charge is 2.19. The number of benzene rings is 1. The first-order valence-electron chi connectivity index (χ1n) is 5.74. The van der Waals surface area contributed by atoms with Crippen LogP contribution in [0.3, 0.4) is 0 Å². The topological polar surface area (TPSA) is 78.6 Å². The molecule has 5 nitrogen and oxygen atoms in total. The van der Waals surface area contributed by atoms with Crippen LogP contribution >= 0.6 is 0 Å². The van der Waals surface area contributed by atoms with E-state index in [1.165, 1.54) is 6.92 Å². The van der Waals surface area contributed by atoms with Gasteiger partial charge in [0, 0.05) is 5.69 Å². The minimum absolute atomic E-state index is 0.0381. The first-order chi connectivity index (χ1) is 8.54. The van der Waals surface area contributed by atoms with Gasteiger partial charge in [0.15, 0.2) is 6.10 Å². The second-order valence-electron chi connectivity index (χ2n) is 3.76. The van der Waals surface area contributed by atoms with E-state index in [1.54, 1.807) is 31.2 Å². The van der Waals surface area contributed by atoms with Crippen LogP contribution in [0.4, 0.5) is 5.69 Å². The van der Waals surface area contributed by atoms with Gasteiger partial charge in [-0.25, -0.2) is 4.79 Å². The van der Waals surface area contributed by atoms with Crippen LogP contribution in [0.2, 0.25) is 0 Å². The number of anilines is 1. The Kier molecular flexibility index (Phi) is 5.17. The highest BCUT2D eigenvalue weighted by Crippen LogP contribution is 2.12. The Labute approximate surface area is 106 Å². The second-order valence-corrected chi connectivity index (χ2v) is 3.76. The summed E-state index contributed by atoms with van der Waals surface area (Å²) in [7, 11) is 0. The molecule has 0 aliphatic carbocycles. The Balaban J connectivity index is 2.52. The van der Waals surface area contributed by atoms with Crippen molar-refractivity contribution in [2.45, 2.75) is 26.4 Å². The third kappa shape index (κ3) is 4.08. The van der Waals surface area contributed by atoms with Crippen molar-refractivity contribution in [1.82, 2.24) is 0 Å². The summed E-state index contributed by atoms with van der Waals surface area (Å²) in [4.78, 5) is 22.9. The fourth-order valence-electron chi connectivity index (χ4n) is 1.40.